The molecule has 5 nitrogen and oxygen atoms in total. The van der Waals surface area contributed by atoms with Crippen molar-refractivity contribution in [3.63, 3.8) is 0 Å². The van der Waals surface area contributed by atoms with Gasteiger partial charge in [0.25, 0.3) is 0 Å². The van der Waals surface area contributed by atoms with Crippen LogP contribution in [-0.2, 0) is 0 Å². The van der Waals surface area contributed by atoms with Crippen LogP contribution in [-0.4, -0.2) is 31.2 Å². The Hall–Kier alpha value is -2.18. The zero-order valence-electron chi connectivity index (χ0n) is 14.1. The number of nitrogens with one attached hydrogen (secondary N) is 1. The Morgan fingerprint density at radius 3 is 2.54 bits per heavy atom. The number of hydrogen-bond acceptors (Lipinski definition) is 4. The van der Waals surface area contributed by atoms with Crippen molar-refractivity contribution in [2.24, 2.45) is 0 Å². The zero-order chi connectivity index (χ0) is 17.1. The third-order valence-corrected chi connectivity index (χ3v) is 5.09. The molecule has 0 radical (unpaired) electrons. The van der Waals surface area contributed by atoms with Crippen molar-refractivity contribution in [3.05, 3.63) is 42.5 Å². The molecule has 3 rings (SSSR count). The van der Waals surface area contributed by atoms with Crippen LogP contribution in [0.2, 0.25) is 0 Å². The first kappa shape index (κ1) is 16.7. The minimum atomic E-state index is -0.161. The van der Waals surface area contributed by atoms with Crippen molar-refractivity contribution >= 4 is 23.5 Å². The SMILES string of the molecule is CCN(CC)NC(=O)N(C)c1cccc2c1Sc1ccccc1O2. The minimum Gasteiger partial charge on any atom is -0.455 e. The molecular weight excluding hydrogens is 322 g/mol. The van der Waals surface area contributed by atoms with Crippen molar-refractivity contribution in [2.45, 2.75) is 23.6 Å². The van der Waals surface area contributed by atoms with Crippen LogP contribution in [0.25, 0.3) is 0 Å². The molecule has 0 aliphatic carbocycles. The summed E-state index contributed by atoms with van der Waals surface area (Å²) in [5.41, 5.74) is 3.74. The summed E-state index contributed by atoms with van der Waals surface area (Å²) in [7, 11) is 1.77. The summed E-state index contributed by atoms with van der Waals surface area (Å²) in [6, 6.07) is 13.5. The third kappa shape index (κ3) is 3.20. The number of carbonyl (C=O) groups excluding carboxylic acids is 1. The summed E-state index contributed by atoms with van der Waals surface area (Å²) in [6.45, 7) is 5.53. The molecule has 1 aliphatic rings. The lowest BCUT2D eigenvalue weighted by molar-refractivity contribution is 0.193. The predicted octanol–water partition coefficient (Wildman–Crippen LogP) is 4.35. The van der Waals surface area contributed by atoms with Crippen molar-refractivity contribution < 1.29 is 9.53 Å². The van der Waals surface area contributed by atoms with Gasteiger partial charge >= 0.3 is 6.03 Å². The maximum Gasteiger partial charge on any atom is 0.336 e. The number of hydrogen-bond donors (Lipinski definition) is 1. The highest BCUT2D eigenvalue weighted by Crippen LogP contribution is 2.50. The molecular formula is C18H21N3O2S. The van der Waals surface area contributed by atoms with E-state index in [9.17, 15) is 4.79 Å². The van der Waals surface area contributed by atoms with E-state index < -0.39 is 0 Å². The van der Waals surface area contributed by atoms with Crippen molar-refractivity contribution in [1.29, 1.82) is 0 Å². The first-order valence-corrected chi connectivity index (χ1v) is 8.82. The number of ether oxygens (including phenoxy) is 1. The Balaban J connectivity index is 1.87. The quantitative estimate of drug-likeness (QED) is 0.716. The average molecular weight is 343 g/mol. The molecule has 1 heterocycles. The number of carbonyl (C=O) groups is 1. The topological polar surface area (TPSA) is 44.8 Å². The second kappa shape index (κ2) is 7.15. The largest absolute Gasteiger partial charge is 0.455 e. The van der Waals surface area contributed by atoms with Gasteiger partial charge in [0.1, 0.15) is 11.5 Å². The van der Waals surface area contributed by atoms with E-state index in [0.29, 0.717) is 0 Å². The second-order valence-corrected chi connectivity index (χ2v) is 6.46. The number of hydrazine groups is 1. The van der Waals surface area contributed by atoms with E-state index in [2.05, 4.69) is 5.43 Å². The number of rotatable bonds is 4. The number of fused-ring (bicyclic) bond motifs is 2. The first-order valence-electron chi connectivity index (χ1n) is 8.01. The molecule has 2 amide bonds. The fourth-order valence-electron chi connectivity index (χ4n) is 2.50. The van der Waals surface area contributed by atoms with Gasteiger partial charge in [-0.1, -0.05) is 43.8 Å². The smallest absolute Gasteiger partial charge is 0.336 e. The summed E-state index contributed by atoms with van der Waals surface area (Å²) in [6.07, 6.45) is 0. The molecule has 0 bridgehead atoms. The standard InChI is InChI=1S/C18H21N3O2S/c1-4-21(5-2)19-18(22)20(3)13-9-8-11-15-17(13)24-16-12-7-6-10-14(16)23-15/h6-12H,4-5H2,1-3H3,(H,19,22). The molecule has 0 aromatic heterocycles. The average Bonchev–Trinajstić information content (AvgIpc) is 2.63. The Kier molecular flexibility index (Phi) is 4.97. The van der Waals surface area contributed by atoms with E-state index in [1.165, 1.54) is 0 Å². The van der Waals surface area contributed by atoms with Crippen molar-refractivity contribution in [2.75, 3.05) is 25.0 Å². The summed E-state index contributed by atoms with van der Waals surface area (Å²) in [5, 5.41) is 1.87. The van der Waals surface area contributed by atoms with Gasteiger partial charge in [0.2, 0.25) is 0 Å². The fraction of sp³-hybridized carbons (Fsp3) is 0.278. The normalized spacial score (nSPS) is 12.2. The zero-order valence-corrected chi connectivity index (χ0v) is 14.9. The van der Waals surface area contributed by atoms with Crippen LogP contribution in [0.4, 0.5) is 10.5 Å². The molecule has 6 heteroatoms. The monoisotopic (exact) mass is 343 g/mol. The number of urea groups is 1. The lowest BCUT2D eigenvalue weighted by Gasteiger charge is -2.28. The fourth-order valence-corrected chi connectivity index (χ4v) is 3.60. The molecule has 24 heavy (non-hydrogen) atoms. The van der Waals surface area contributed by atoms with Gasteiger partial charge in [0.05, 0.1) is 15.5 Å². The third-order valence-electron chi connectivity index (χ3n) is 3.92. The van der Waals surface area contributed by atoms with E-state index >= 15 is 0 Å². The van der Waals surface area contributed by atoms with E-state index in [1.54, 1.807) is 23.7 Å². The molecule has 1 N–H and O–H groups in total. The molecule has 0 saturated heterocycles. The summed E-state index contributed by atoms with van der Waals surface area (Å²) < 4.78 is 5.98. The number of para-hydroxylation sites is 1. The summed E-state index contributed by atoms with van der Waals surface area (Å²) >= 11 is 1.62. The van der Waals surface area contributed by atoms with Gasteiger partial charge in [-0.15, -0.1) is 0 Å². The van der Waals surface area contributed by atoms with Gasteiger partial charge in [-0.3, -0.25) is 10.3 Å². The van der Waals surface area contributed by atoms with Crippen LogP contribution in [0.15, 0.2) is 52.3 Å². The highest BCUT2D eigenvalue weighted by Gasteiger charge is 2.24. The molecule has 0 fully saturated rings. The molecule has 0 unspecified atom stereocenters. The van der Waals surface area contributed by atoms with Gasteiger partial charge in [-0.05, 0) is 24.3 Å². The van der Waals surface area contributed by atoms with Crippen LogP contribution in [0.1, 0.15) is 13.8 Å². The van der Waals surface area contributed by atoms with Crippen LogP contribution < -0.4 is 15.1 Å². The molecule has 2 aromatic carbocycles. The molecule has 0 saturated carbocycles. The number of nitrogens with zero attached hydrogens (tertiary/aromatic N) is 2. The van der Waals surface area contributed by atoms with Gasteiger partial charge in [-0.2, -0.15) is 0 Å². The Bertz CT molecular complexity index is 747. The maximum absolute atomic E-state index is 12.5. The van der Waals surface area contributed by atoms with Gasteiger partial charge in [0.15, 0.2) is 0 Å². The number of amides is 2. The molecule has 1 aliphatic heterocycles. The Morgan fingerprint density at radius 1 is 1.08 bits per heavy atom. The summed E-state index contributed by atoms with van der Waals surface area (Å²) in [5.74, 6) is 1.63. The minimum absolute atomic E-state index is 0.161. The number of anilines is 1. The van der Waals surface area contributed by atoms with E-state index in [4.69, 9.17) is 4.74 Å². The van der Waals surface area contributed by atoms with Gasteiger partial charge < -0.3 is 4.74 Å². The lowest BCUT2D eigenvalue weighted by atomic mass is 10.2. The van der Waals surface area contributed by atoms with Gasteiger partial charge in [-0.25, -0.2) is 9.80 Å². The molecule has 0 atom stereocenters. The highest BCUT2D eigenvalue weighted by atomic mass is 32.2. The van der Waals surface area contributed by atoms with E-state index in [1.807, 2.05) is 61.3 Å². The Morgan fingerprint density at radius 2 is 1.79 bits per heavy atom. The van der Waals surface area contributed by atoms with E-state index in [-0.39, 0.29) is 6.03 Å². The van der Waals surface area contributed by atoms with Crippen molar-refractivity contribution in [1.82, 2.24) is 10.4 Å². The van der Waals surface area contributed by atoms with Crippen LogP contribution >= 0.6 is 11.8 Å². The van der Waals surface area contributed by atoms with Crippen LogP contribution in [0.5, 0.6) is 11.5 Å². The lowest BCUT2D eigenvalue weighted by Crippen LogP contribution is -2.48. The predicted molar refractivity (Wildman–Crippen MR) is 96.9 cm³/mol. The van der Waals surface area contributed by atoms with Crippen LogP contribution in [0, 0.1) is 0 Å². The molecule has 126 valence electrons. The first-order chi connectivity index (χ1) is 11.6. The van der Waals surface area contributed by atoms with Crippen molar-refractivity contribution in [3.8, 4) is 11.5 Å². The van der Waals surface area contributed by atoms with Crippen LogP contribution in [0.3, 0.4) is 0 Å². The maximum atomic E-state index is 12.5. The molecule has 2 aromatic rings. The highest BCUT2D eigenvalue weighted by molar-refractivity contribution is 7.99. The number of benzene rings is 2. The summed E-state index contributed by atoms with van der Waals surface area (Å²) in [4.78, 5) is 16.2. The Labute approximate surface area is 146 Å². The van der Waals surface area contributed by atoms with Gasteiger partial charge in [0, 0.05) is 20.1 Å². The molecule has 0 spiro atoms. The van der Waals surface area contributed by atoms with E-state index in [0.717, 1.165) is 40.1 Å². The second-order valence-electron chi connectivity index (χ2n) is 5.40.